The normalized spacial score (nSPS) is 10.0. The van der Waals surface area contributed by atoms with Gasteiger partial charge in [0.1, 0.15) is 10.6 Å². The molecular formula is C14H12O4S. The zero-order chi connectivity index (χ0) is 13.8. The van der Waals surface area contributed by atoms with Crippen LogP contribution in [0.25, 0.3) is 0 Å². The second-order valence-electron chi connectivity index (χ2n) is 3.84. The van der Waals surface area contributed by atoms with Crippen molar-refractivity contribution in [2.24, 2.45) is 0 Å². The SMILES string of the molecule is COC(=O)c1ccc(OC(=O)c2sccc2C)cc1. The van der Waals surface area contributed by atoms with E-state index < -0.39 is 11.9 Å². The molecule has 2 rings (SSSR count). The van der Waals surface area contributed by atoms with Gasteiger partial charge in [0.05, 0.1) is 12.7 Å². The molecule has 1 heterocycles. The summed E-state index contributed by atoms with van der Waals surface area (Å²) >= 11 is 1.34. The van der Waals surface area contributed by atoms with Crippen molar-refractivity contribution in [3.05, 3.63) is 51.7 Å². The van der Waals surface area contributed by atoms with Crippen molar-refractivity contribution >= 4 is 23.3 Å². The second-order valence-corrected chi connectivity index (χ2v) is 4.75. The van der Waals surface area contributed by atoms with Crippen LogP contribution in [0.2, 0.25) is 0 Å². The van der Waals surface area contributed by atoms with E-state index in [0.717, 1.165) is 5.56 Å². The predicted octanol–water partition coefficient (Wildman–Crippen LogP) is 3.06. The van der Waals surface area contributed by atoms with Crippen molar-refractivity contribution < 1.29 is 19.1 Å². The molecule has 2 aromatic rings. The largest absolute Gasteiger partial charge is 0.465 e. The minimum Gasteiger partial charge on any atom is -0.465 e. The van der Waals surface area contributed by atoms with Crippen molar-refractivity contribution in [1.82, 2.24) is 0 Å². The average Bonchev–Trinajstić information content (AvgIpc) is 2.85. The number of hydrogen-bond acceptors (Lipinski definition) is 5. The van der Waals surface area contributed by atoms with Crippen molar-refractivity contribution in [3.8, 4) is 5.75 Å². The van der Waals surface area contributed by atoms with E-state index in [-0.39, 0.29) is 0 Å². The van der Waals surface area contributed by atoms with Gasteiger partial charge >= 0.3 is 11.9 Å². The van der Waals surface area contributed by atoms with E-state index in [0.29, 0.717) is 16.2 Å². The molecular weight excluding hydrogens is 264 g/mol. The Bertz CT molecular complexity index is 598. The van der Waals surface area contributed by atoms with Crippen LogP contribution in [0, 0.1) is 6.92 Å². The molecule has 0 unspecified atom stereocenters. The third kappa shape index (κ3) is 3.00. The molecule has 0 saturated carbocycles. The van der Waals surface area contributed by atoms with Gasteiger partial charge in [0.25, 0.3) is 0 Å². The van der Waals surface area contributed by atoms with Crippen LogP contribution in [-0.2, 0) is 4.74 Å². The van der Waals surface area contributed by atoms with E-state index >= 15 is 0 Å². The predicted molar refractivity (Wildman–Crippen MR) is 71.8 cm³/mol. The molecule has 1 aromatic carbocycles. The van der Waals surface area contributed by atoms with Gasteiger partial charge in [0.15, 0.2) is 0 Å². The minimum absolute atomic E-state index is 0.390. The number of ether oxygens (including phenoxy) is 2. The average molecular weight is 276 g/mol. The molecule has 0 amide bonds. The molecule has 0 aliphatic carbocycles. The Morgan fingerprint density at radius 2 is 1.74 bits per heavy atom. The van der Waals surface area contributed by atoms with Crippen LogP contribution in [0.1, 0.15) is 25.6 Å². The minimum atomic E-state index is -0.424. The Morgan fingerprint density at radius 3 is 2.26 bits per heavy atom. The quantitative estimate of drug-likeness (QED) is 0.638. The highest BCUT2D eigenvalue weighted by Crippen LogP contribution is 2.19. The van der Waals surface area contributed by atoms with Gasteiger partial charge < -0.3 is 9.47 Å². The van der Waals surface area contributed by atoms with Crippen molar-refractivity contribution in [1.29, 1.82) is 0 Å². The van der Waals surface area contributed by atoms with Gasteiger partial charge in [0, 0.05) is 0 Å². The number of aryl methyl sites for hydroxylation is 1. The number of methoxy groups -OCH3 is 1. The molecule has 0 N–H and O–H groups in total. The number of thiophene rings is 1. The summed E-state index contributed by atoms with van der Waals surface area (Å²) in [6.07, 6.45) is 0. The summed E-state index contributed by atoms with van der Waals surface area (Å²) < 4.78 is 9.81. The van der Waals surface area contributed by atoms with Gasteiger partial charge in [-0.3, -0.25) is 0 Å². The molecule has 5 heteroatoms. The van der Waals surface area contributed by atoms with Crippen molar-refractivity contribution in [3.63, 3.8) is 0 Å². The lowest BCUT2D eigenvalue weighted by molar-refractivity contribution is 0.0600. The lowest BCUT2D eigenvalue weighted by Crippen LogP contribution is -2.08. The molecule has 0 aliphatic heterocycles. The molecule has 0 radical (unpaired) electrons. The van der Waals surface area contributed by atoms with Gasteiger partial charge in [-0.25, -0.2) is 9.59 Å². The fourth-order valence-corrected chi connectivity index (χ4v) is 2.31. The van der Waals surface area contributed by atoms with Gasteiger partial charge in [-0.2, -0.15) is 0 Å². The molecule has 0 aliphatic rings. The fraction of sp³-hybridized carbons (Fsp3) is 0.143. The van der Waals surface area contributed by atoms with Crippen LogP contribution >= 0.6 is 11.3 Å². The first-order valence-corrected chi connectivity index (χ1v) is 6.44. The lowest BCUT2D eigenvalue weighted by Gasteiger charge is -2.04. The van der Waals surface area contributed by atoms with Crippen LogP contribution in [0.15, 0.2) is 35.7 Å². The van der Waals surface area contributed by atoms with E-state index in [1.807, 2.05) is 18.4 Å². The Labute approximate surface area is 114 Å². The van der Waals surface area contributed by atoms with Crippen molar-refractivity contribution in [2.75, 3.05) is 7.11 Å². The summed E-state index contributed by atoms with van der Waals surface area (Å²) in [6.45, 7) is 1.85. The molecule has 0 fully saturated rings. The first-order chi connectivity index (χ1) is 9.11. The first-order valence-electron chi connectivity index (χ1n) is 5.56. The molecule has 0 atom stereocenters. The highest BCUT2D eigenvalue weighted by Gasteiger charge is 2.13. The number of hydrogen-bond donors (Lipinski definition) is 0. The topological polar surface area (TPSA) is 52.6 Å². The van der Waals surface area contributed by atoms with Gasteiger partial charge in [0.2, 0.25) is 0 Å². The second kappa shape index (κ2) is 5.67. The third-order valence-corrected chi connectivity index (χ3v) is 3.53. The van der Waals surface area contributed by atoms with Crippen LogP contribution in [0.3, 0.4) is 0 Å². The number of benzene rings is 1. The summed E-state index contributed by atoms with van der Waals surface area (Å²) in [5, 5.41) is 1.84. The monoisotopic (exact) mass is 276 g/mol. The third-order valence-electron chi connectivity index (χ3n) is 2.53. The molecule has 0 saturated heterocycles. The molecule has 0 spiro atoms. The zero-order valence-electron chi connectivity index (χ0n) is 10.5. The molecule has 19 heavy (non-hydrogen) atoms. The number of carbonyl (C=O) groups excluding carboxylic acids is 2. The number of esters is 2. The summed E-state index contributed by atoms with van der Waals surface area (Å²) in [7, 11) is 1.32. The van der Waals surface area contributed by atoms with Gasteiger partial charge in [-0.15, -0.1) is 11.3 Å². The maximum Gasteiger partial charge on any atom is 0.353 e. The number of carbonyl (C=O) groups is 2. The van der Waals surface area contributed by atoms with E-state index in [4.69, 9.17) is 4.74 Å². The van der Waals surface area contributed by atoms with Crippen LogP contribution in [0.4, 0.5) is 0 Å². The van der Waals surface area contributed by atoms with E-state index in [2.05, 4.69) is 4.74 Å². The van der Waals surface area contributed by atoms with E-state index in [1.165, 1.54) is 18.4 Å². The van der Waals surface area contributed by atoms with E-state index in [9.17, 15) is 9.59 Å². The maximum atomic E-state index is 11.9. The Kier molecular flexibility index (Phi) is 3.97. The molecule has 4 nitrogen and oxygen atoms in total. The molecule has 98 valence electrons. The highest BCUT2D eigenvalue weighted by atomic mass is 32.1. The lowest BCUT2D eigenvalue weighted by atomic mass is 10.2. The first kappa shape index (κ1) is 13.3. The Hall–Kier alpha value is -2.14. The number of rotatable bonds is 3. The maximum absolute atomic E-state index is 11.9. The fourth-order valence-electron chi connectivity index (χ4n) is 1.51. The molecule has 1 aromatic heterocycles. The van der Waals surface area contributed by atoms with Gasteiger partial charge in [-0.1, -0.05) is 0 Å². The smallest absolute Gasteiger partial charge is 0.353 e. The summed E-state index contributed by atoms with van der Waals surface area (Å²) in [6, 6.07) is 8.09. The Balaban J connectivity index is 2.10. The van der Waals surface area contributed by atoms with Crippen LogP contribution < -0.4 is 4.74 Å². The van der Waals surface area contributed by atoms with Crippen LogP contribution in [0.5, 0.6) is 5.75 Å². The summed E-state index contributed by atoms with van der Waals surface area (Å²) in [5.74, 6) is -0.421. The van der Waals surface area contributed by atoms with Gasteiger partial charge in [-0.05, 0) is 48.2 Å². The molecule has 0 bridgehead atoms. The Morgan fingerprint density at radius 1 is 1.05 bits per heavy atom. The summed E-state index contributed by atoms with van der Waals surface area (Å²) in [4.78, 5) is 23.7. The van der Waals surface area contributed by atoms with E-state index in [1.54, 1.807) is 24.3 Å². The summed E-state index contributed by atoms with van der Waals surface area (Å²) in [5.41, 5.74) is 1.30. The highest BCUT2D eigenvalue weighted by molar-refractivity contribution is 7.12. The zero-order valence-corrected chi connectivity index (χ0v) is 11.3. The van der Waals surface area contributed by atoms with Crippen LogP contribution in [-0.4, -0.2) is 19.0 Å². The standard InChI is InChI=1S/C14H12O4S/c1-9-7-8-19-12(9)14(16)18-11-5-3-10(4-6-11)13(15)17-2/h3-8H,1-2H3. The van der Waals surface area contributed by atoms with Crippen molar-refractivity contribution in [2.45, 2.75) is 6.92 Å².